The van der Waals surface area contributed by atoms with Crippen molar-refractivity contribution in [3.8, 4) is 0 Å². The molecule has 0 aromatic carbocycles. The van der Waals surface area contributed by atoms with Gasteiger partial charge in [0.05, 0.1) is 5.41 Å². The van der Waals surface area contributed by atoms with Gasteiger partial charge in [-0.2, -0.15) is 0 Å². The maximum absolute atomic E-state index is 14.0. The van der Waals surface area contributed by atoms with Gasteiger partial charge in [0.15, 0.2) is 0 Å². The van der Waals surface area contributed by atoms with Gasteiger partial charge in [0.1, 0.15) is 10.3 Å². The number of hydrogen-bond donors (Lipinski definition) is 1. The monoisotopic (exact) mass is 428 g/mol. The van der Waals surface area contributed by atoms with Crippen LogP contribution >= 0.6 is 11.8 Å². The summed E-state index contributed by atoms with van der Waals surface area (Å²) in [6.07, 6.45) is 2.77. The van der Waals surface area contributed by atoms with Crippen LogP contribution in [0.2, 0.25) is 0 Å². The molecular weight excluding hydrogens is 388 g/mol. The van der Waals surface area contributed by atoms with Crippen LogP contribution in [0.1, 0.15) is 68.2 Å². The largest absolute Gasteiger partial charge is 0.459 e. The number of nitrogens with zero attached hydrogens (tertiary/aromatic N) is 1. The molecule has 0 saturated carbocycles. The molecule has 168 valence electrons. The highest BCUT2D eigenvalue weighted by Crippen LogP contribution is 2.52. The molecule has 0 heterocycles. The Balaban J connectivity index is 6.86. The summed E-state index contributed by atoms with van der Waals surface area (Å²) in [5.41, 5.74) is -1.46. The zero-order valence-electron chi connectivity index (χ0n) is 19.9. The SMILES string of the molecule is C=C(C)[C@](CC(C)C)(C(=O)N(CCC)C(=O)NC)[C@](C)(SC)C(=O)OC(C)(C)C. The first-order chi connectivity index (χ1) is 13.1. The number of ether oxygens (including phenoxy) is 1. The molecule has 2 atom stereocenters. The Hall–Kier alpha value is -1.50. The molecule has 6 nitrogen and oxygen atoms in total. The van der Waals surface area contributed by atoms with Crippen molar-refractivity contribution in [2.24, 2.45) is 11.3 Å². The van der Waals surface area contributed by atoms with Crippen LogP contribution in [0.15, 0.2) is 12.2 Å². The standard InChI is InChI=1S/C22H40N2O4S/c1-12-13-24(19(27)23-10)17(25)22(16(4)5,14-15(2)3)21(9,29-11)18(26)28-20(6,7)8/h15H,4,12-14H2,1-3,5-11H3,(H,23,27)/t21-,22-/m1/s1. The van der Waals surface area contributed by atoms with Crippen molar-refractivity contribution in [3.63, 3.8) is 0 Å². The van der Waals surface area contributed by atoms with E-state index in [0.717, 1.165) is 0 Å². The number of carbonyl (C=O) groups is 3. The third kappa shape index (κ3) is 6.00. The van der Waals surface area contributed by atoms with Crippen molar-refractivity contribution >= 4 is 29.7 Å². The fourth-order valence-corrected chi connectivity index (χ4v) is 4.46. The lowest BCUT2D eigenvalue weighted by molar-refractivity contribution is -0.165. The Kier molecular flexibility index (Phi) is 9.96. The quantitative estimate of drug-likeness (QED) is 0.428. The zero-order valence-corrected chi connectivity index (χ0v) is 20.7. The van der Waals surface area contributed by atoms with Gasteiger partial charge in [-0.1, -0.05) is 32.9 Å². The highest BCUT2D eigenvalue weighted by Gasteiger charge is 2.61. The number of rotatable bonds is 9. The number of esters is 1. The summed E-state index contributed by atoms with van der Waals surface area (Å²) >= 11 is 1.27. The topological polar surface area (TPSA) is 75.7 Å². The first-order valence-electron chi connectivity index (χ1n) is 10.1. The number of thioether (sulfide) groups is 1. The number of urea groups is 1. The van der Waals surface area contributed by atoms with E-state index < -0.39 is 33.7 Å². The molecule has 0 aliphatic carbocycles. The summed E-state index contributed by atoms with van der Waals surface area (Å²) in [6.45, 7) is 19.1. The molecule has 0 aliphatic rings. The highest BCUT2D eigenvalue weighted by atomic mass is 32.2. The third-order valence-electron chi connectivity index (χ3n) is 4.97. The van der Waals surface area contributed by atoms with Crippen molar-refractivity contribution in [1.29, 1.82) is 0 Å². The smallest absolute Gasteiger partial charge is 0.323 e. The Morgan fingerprint density at radius 3 is 2.00 bits per heavy atom. The van der Waals surface area contributed by atoms with Crippen LogP contribution in [0.25, 0.3) is 0 Å². The number of nitrogens with one attached hydrogen (secondary N) is 1. The minimum atomic E-state index is -1.30. The van der Waals surface area contributed by atoms with Gasteiger partial charge >= 0.3 is 12.0 Å². The average Bonchev–Trinajstić information content (AvgIpc) is 2.60. The van der Waals surface area contributed by atoms with Gasteiger partial charge in [0.2, 0.25) is 5.91 Å². The predicted octanol–water partition coefficient (Wildman–Crippen LogP) is 4.64. The molecule has 29 heavy (non-hydrogen) atoms. The first kappa shape index (κ1) is 27.5. The molecule has 3 amide bonds. The molecule has 0 aliphatic heterocycles. The molecule has 0 aromatic rings. The molecule has 1 N–H and O–H groups in total. The normalized spacial score (nSPS) is 15.8. The van der Waals surface area contributed by atoms with Crippen LogP contribution in [0.5, 0.6) is 0 Å². The van der Waals surface area contributed by atoms with Gasteiger partial charge in [-0.15, -0.1) is 11.8 Å². The molecule has 0 spiro atoms. The first-order valence-corrected chi connectivity index (χ1v) is 11.3. The van der Waals surface area contributed by atoms with Crippen LogP contribution in [0.3, 0.4) is 0 Å². The second-order valence-corrected chi connectivity index (χ2v) is 10.3. The van der Waals surface area contributed by atoms with Crippen molar-refractivity contribution in [2.45, 2.75) is 78.6 Å². The van der Waals surface area contributed by atoms with Crippen LogP contribution in [0, 0.1) is 11.3 Å². The zero-order chi connectivity index (χ0) is 23.2. The number of amides is 3. The Bertz CT molecular complexity index is 627. The third-order valence-corrected chi connectivity index (χ3v) is 6.30. The summed E-state index contributed by atoms with van der Waals surface area (Å²) in [5.74, 6) is -0.816. The second kappa shape index (κ2) is 10.5. The van der Waals surface area contributed by atoms with Crippen LogP contribution in [0.4, 0.5) is 4.79 Å². The Morgan fingerprint density at radius 1 is 1.17 bits per heavy atom. The lowest BCUT2D eigenvalue weighted by Gasteiger charge is -2.48. The average molecular weight is 429 g/mol. The second-order valence-electron chi connectivity index (χ2n) is 9.03. The van der Waals surface area contributed by atoms with E-state index in [4.69, 9.17) is 4.74 Å². The predicted molar refractivity (Wildman–Crippen MR) is 121 cm³/mol. The van der Waals surface area contributed by atoms with Gasteiger partial charge in [0.25, 0.3) is 0 Å². The van der Waals surface area contributed by atoms with Gasteiger partial charge in [-0.25, -0.2) is 4.79 Å². The van der Waals surface area contributed by atoms with E-state index in [1.807, 2.05) is 20.8 Å². The fourth-order valence-electron chi connectivity index (χ4n) is 3.55. The molecule has 0 rings (SSSR count). The summed E-state index contributed by atoms with van der Waals surface area (Å²) < 4.78 is 4.48. The lowest BCUT2D eigenvalue weighted by Crippen LogP contribution is -2.62. The maximum Gasteiger partial charge on any atom is 0.323 e. The van der Waals surface area contributed by atoms with Crippen molar-refractivity contribution in [2.75, 3.05) is 19.8 Å². The summed E-state index contributed by atoms with van der Waals surface area (Å²) in [6, 6.07) is -0.487. The van der Waals surface area contributed by atoms with Crippen molar-refractivity contribution in [1.82, 2.24) is 10.2 Å². The van der Waals surface area contributed by atoms with E-state index in [-0.39, 0.29) is 12.5 Å². The number of carbonyl (C=O) groups excluding carboxylic acids is 3. The van der Waals surface area contributed by atoms with Crippen molar-refractivity contribution < 1.29 is 19.1 Å². The molecule has 0 fully saturated rings. The van der Waals surface area contributed by atoms with Gasteiger partial charge in [-0.3, -0.25) is 14.5 Å². The minimum Gasteiger partial charge on any atom is -0.459 e. The molecule has 0 radical (unpaired) electrons. The number of imide groups is 1. The summed E-state index contributed by atoms with van der Waals surface area (Å²) in [7, 11) is 1.49. The van der Waals surface area contributed by atoms with Crippen LogP contribution in [-0.4, -0.2) is 53.0 Å². The van der Waals surface area contributed by atoms with E-state index in [2.05, 4.69) is 11.9 Å². The molecule has 7 heteroatoms. The van der Waals surface area contributed by atoms with Gasteiger partial charge in [-0.05, 0) is 59.6 Å². The number of hydrogen-bond acceptors (Lipinski definition) is 5. The lowest BCUT2D eigenvalue weighted by atomic mass is 9.65. The van der Waals surface area contributed by atoms with Gasteiger partial charge < -0.3 is 10.1 Å². The van der Waals surface area contributed by atoms with E-state index >= 15 is 0 Å². The minimum absolute atomic E-state index is 0.0812. The molecule has 0 saturated heterocycles. The Morgan fingerprint density at radius 2 is 1.69 bits per heavy atom. The van der Waals surface area contributed by atoms with E-state index in [1.54, 1.807) is 40.9 Å². The van der Waals surface area contributed by atoms with E-state index in [9.17, 15) is 14.4 Å². The maximum atomic E-state index is 14.0. The summed E-state index contributed by atoms with van der Waals surface area (Å²) in [5, 5.41) is 2.55. The fraction of sp³-hybridized carbons (Fsp3) is 0.773. The summed E-state index contributed by atoms with van der Waals surface area (Å²) in [4.78, 5) is 41.2. The van der Waals surface area contributed by atoms with Crippen LogP contribution in [-0.2, 0) is 14.3 Å². The van der Waals surface area contributed by atoms with E-state index in [1.165, 1.54) is 23.7 Å². The van der Waals surface area contributed by atoms with Crippen LogP contribution < -0.4 is 5.32 Å². The van der Waals surface area contributed by atoms with Crippen molar-refractivity contribution in [3.05, 3.63) is 12.2 Å². The molecular formula is C22H40N2O4S. The molecule has 0 unspecified atom stereocenters. The molecule has 0 aromatic heterocycles. The highest BCUT2D eigenvalue weighted by molar-refractivity contribution is 8.00. The van der Waals surface area contributed by atoms with E-state index in [0.29, 0.717) is 18.4 Å². The molecule has 0 bridgehead atoms. The van der Waals surface area contributed by atoms with Gasteiger partial charge in [0, 0.05) is 13.6 Å². The Labute approximate surface area is 181 Å².